The van der Waals surface area contributed by atoms with Gasteiger partial charge in [0.2, 0.25) is 0 Å². The van der Waals surface area contributed by atoms with Gasteiger partial charge in [-0.1, -0.05) is 11.6 Å². The van der Waals surface area contributed by atoms with E-state index in [4.69, 9.17) is 21.1 Å². The third kappa shape index (κ3) is 1.96. The summed E-state index contributed by atoms with van der Waals surface area (Å²) in [6.07, 6.45) is 2.46. The summed E-state index contributed by atoms with van der Waals surface area (Å²) in [7, 11) is 0. The SMILES string of the molecule is CC1(C)O[C@@H]2[C@H](O1)[C@@H](O)C[C@H]2n1cnc2c(Cl)ncnc21. The Morgan fingerprint density at radius 2 is 2.05 bits per heavy atom. The number of aliphatic hydroxyl groups is 1. The Bertz CT molecular complexity index is 704. The fraction of sp³-hybridized carbons (Fsp3) is 0.615. The van der Waals surface area contributed by atoms with Gasteiger partial charge in [-0.15, -0.1) is 0 Å². The number of halogens is 1. The molecule has 0 radical (unpaired) electrons. The highest BCUT2D eigenvalue weighted by Gasteiger charge is 2.54. The van der Waals surface area contributed by atoms with Gasteiger partial charge in [-0.3, -0.25) is 0 Å². The molecule has 1 aliphatic heterocycles. The zero-order valence-electron chi connectivity index (χ0n) is 11.6. The molecule has 1 saturated carbocycles. The van der Waals surface area contributed by atoms with Crippen molar-refractivity contribution in [1.82, 2.24) is 19.5 Å². The zero-order valence-corrected chi connectivity index (χ0v) is 12.4. The Morgan fingerprint density at radius 3 is 2.86 bits per heavy atom. The molecule has 8 heteroatoms. The third-order valence-electron chi connectivity index (χ3n) is 4.08. The average Bonchev–Trinajstić information content (AvgIpc) is 3.04. The first-order valence-electron chi connectivity index (χ1n) is 6.83. The molecule has 0 spiro atoms. The Balaban J connectivity index is 1.77. The first-order chi connectivity index (χ1) is 9.96. The fourth-order valence-corrected chi connectivity index (χ4v) is 3.44. The summed E-state index contributed by atoms with van der Waals surface area (Å²) in [6.45, 7) is 3.69. The summed E-state index contributed by atoms with van der Waals surface area (Å²) in [5, 5.41) is 10.5. The molecule has 2 aromatic heterocycles. The molecule has 1 N–H and O–H groups in total. The van der Waals surface area contributed by atoms with Crippen LogP contribution < -0.4 is 0 Å². The molecule has 0 unspecified atom stereocenters. The van der Waals surface area contributed by atoms with Crippen LogP contribution in [0, 0.1) is 0 Å². The van der Waals surface area contributed by atoms with Crippen molar-refractivity contribution >= 4 is 22.8 Å². The number of hydrogen-bond acceptors (Lipinski definition) is 6. The maximum absolute atomic E-state index is 10.2. The highest BCUT2D eigenvalue weighted by Crippen LogP contribution is 2.44. The minimum Gasteiger partial charge on any atom is -0.390 e. The second kappa shape index (κ2) is 4.36. The Morgan fingerprint density at radius 1 is 1.29 bits per heavy atom. The standard InChI is InChI=1S/C13H15ClN4O3/c1-13(2)20-9-6(3-7(19)10(9)21-13)18-5-17-8-11(14)15-4-16-12(8)18/h4-7,9-10,19H,3H2,1-2H3/t6-,7+,9+,10-/m1/s1. The van der Waals surface area contributed by atoms with Crippen LogP contribution in [0.1, 0.15) is 26.3 Å². The van der Waals surface area contributed by atoms with E-state index in [1.165, 1.54) is 6.33 Å². The van der Waals surface area contributed by atoms with Crippen molar-refractivity contribution in [2.45, 2.75) is 50.4 Å². The number of ether oxygens (including phenoxy) is 2. The van der Waals surface area contributed by atoms with E-state index >= 15 is 0 Å². The molecule has 0 bridgehead atoms. The van der Waals surface area contributed by atoms with Crippen LogP contribution in [0.2, 0.25) is 5.15 Å². The van der Waals surface area contributed by atoms with Crippen molar-refractivity contribution in [3.8, 4) is 0 Å². The molecule has 0 aromatic carbocycles. The Kier molecular flexibility index (Phi) is 2.78. The summed E-state index contributed by atoms with van der Waals surface area (Å²) in [5.41, 5.74) is 1.19. The van der Waals surface area contributed by atoms with Crippen LogP contribution in [0.3, 0.4) is 0 Å². The van der Waals surface area contributed by atoms with Gasteiger partial charge >= 0.3 is 0 Å². The average molecular weight is 311 g/mol. The van der Waals surface area contributed by atoms with Crippen LogP contribution in [0.25, 0.3) is 11.2 Å². The zero-order chi connectivity index (χ0) is 14.8. The molecule has 4 rings (SSSR count). The van der Waals surface area contributed by atoms with Gasteiger partial charge < -0.3 is 19.1 Å². The number of hydrogen-bond donors (Lipinski definition) is 1. The lowest BCUT2D eigenvalue weighted by Crippen LogP contribution is -2.28. The van der Waals surface area contributed by atoms with Crippen molar-refractivity contribution in [1.29, 1.82) is 0 Å². The fourth-order valence-electron chi connectivity index (χ4n) is 3.27. The first-order valence-corrected chi connectivity index (χ1v) is 7.21. The molecule has 1 aliphatic carbocycles. The van der Waals surface area contributed by atoms with Crippen LogP contribution >= 0.6 is 11.6 Å². The molecular weight excluding hydrogens is 296 g/mol. The molecule has 4 atom stereocenters. The van der Waals surface area contributed by atoms with Gasteiger partial charge in [-0.25, -0.2) is 15.0 Å². The van der Waals surface area contributed by atoms with Crippen molar-refractivity contribution in [2.75, 3.05) is 0 Å². The smallest absolute Gasteiger partial charge is 0.165 e. The second-order valence-corrected chi connectivity index (χ2v) is 6.28. The summed E-state index contributed by atoms with van der Waals surface area (Å²) in [5.74, 6) is -0.696. The van der Waals surface area contributed by atoms with E-state index in [-0.39, 0.29) is 18.2 Å². The second-order valence-electron chi connectivity index (χ2n) is 5.92. The first kappa shape index (κ1) is 13.4. The molecule has 2 fully saturated rings. The van der Waals surface area contributed by atoms with E-state index in [1.807, 2.05) is 18.4 Å². The Hall–Kier alpha value is -1.28. The van der Waals surface area contributed by atoms with E-state index in [1.54, 1.807) is 6.33 Å². The lowest BCUT2D eigenvalue weighted by molar-refractivity contribution is -0.165. The third-order valence-corrected chi connectivity index (χ3v) is 4.35. The highest BCUT2D eigenvalue weighted by molar-refractivity contribution is 6.33. The lowest BCUT2D eigenvalue weighted by atomic mass is 10.2. The van der Waals surface area contributed by atoms with Crippen LogP contribution in [-0.4, -0.2) is 48.7 Å². The molecule has 0 amide bonds. The predicted octanol–water partition coefficient (Wildman–Crippen LogP) is 1.31. The molecule has 3 heterocycles. The molecule has 2 aromatic rings. The number of nitrogens with zero attached hydrogens (tertiary/aromatic N) is 4. The topological polar surface area (TPSA) is 82.3 Å². The minimum absolute atomic E-state index is 0.0947. The van der Waals surface area contributed by atoms with Gasteiger partial charge in [-0.05, 0) is 20.3 Å². The summed E-state index contributed by atoms with van der Waals surface area (Å²) in [4.78, 5) is 12.4. The summed E-state index contributed by atoms with van der Waals surface area (Å²) < 4.78 is 13.6. The number of aromatic nitrogens is 4. The van der Waals surface area contributed by atoms with Gasteiger partial charge in [0, 0.05) is 0 Å². The van der Waals surface area contributed by atoms with E-state index < -0.39 is 11.9 Å². The maximum atomic E-state index is 10.2. The van der Waals surface area contributed by atoms with E-state index in [9.17, 15) is 5.11 Å². The predicted molar refractivity (Wildman–Crippen MR) is 73.8 cm³/mol. The van der Waals surface area contributed by atoms with Gasteiger partial charge in [0.05, 0.1) is 18.5 Å². The number of imidazole rings is 1. The molecule has 1 saturated heterocycles. The monoisotopic (exact) mass is 310 g/mol. The van der Waals surface area contributed by atoms with Crippen LogP contribution in [-0.2, 0) is 9.47 Å². The molecule has 7 nitrogen and oxygen atoms in total. The van der Waals surface area contributed by atoms with E-state index in [0.717, 1.165) is 0 Å². The van der Waals surface area contributed by atoms with Crippen molar-refractivity contribution < 1.29 is 14.6 Å². The highest BCUT2D eigenvalue weighted by atomic mass is 35.5. The van der Waals surface area contributed by atoms with Crippen LogP contribution in [0.4, 0.5) is 0 Å². The van der Waals surface area contributed by atoms with Gasteiger partial charge in [0.1, 0.15) is 24.1 Å². The van der Waals surface area contributed by atoms with Crippen molar-refractivity contribution in [3.63, 3.8) is 0 Å². The van der Waals surface area contributed by atoms with Gasteiger partial charge in [0.15, 0.2) is 16.6 Å². The van der Waals surface area contributed by atoms with E-state index in [2.05, 4.69) is 15.0 Å². The van der Waals surface area contributed by atoms with E-state index in [0.29, 0.717) is 22.7 Å². The largest absolute Gasteiger partial charge is 0.390 e. The summed E-state index contributed by atoms with van der Waals surface area (Å²) in [6, 6.07) is -0.0947. The number of fused-ring (bicyclic) bond motifs is 2. The normalized spacial score (nSPS) is 34.5. The number of aliphatic hydroxyl groups excluding tert-OH is 1. The van der Waals surface area contributed by atoms with Crippen LogP contribution in [0.15, 0.2) is 12.7 Å². The van der Waals surface area contributed by atoms with Crippen molar-refractivity contribution in [2.24, 2.45) is 0 Å². The molecular formula is C13H15ClN4O3. The van der Waals surface area contributed by atoms with Gasteiger partial charge in [0.25, 0.3) is 0 Å². The molecule has 2 aliphatic rings. The van der Waals surface area contributed by atoms with Gasteiger partial charge in [-0.2, -0.15) is 0 Å². The lowest BCUT2D eigenvalue weighted by Gasteiger charge is -2.23. The molecule has 112 valence electrons. The summed E-state index contributed by atoms with van der Waals surface area (Å²) >= 11 is 6.03. The number of rotatable bonds is 1. The minimum atomic E-state index is -0.696. The Labute approximate surface area is 125 Å². The quantitative estimate of drug-likeness (QED) is 0.800. The van der Waals surface area contributed by atoms with Crippen LogP contribution in [0.5, 0.6) is 0 Å². The van der Waals surface area contributed by atoms with Crippen molar-refractivity contribution in [3.05, 3.63) is 17.8 Å². The molecule has 21 heavy (non-hydrogen) atoms. The maximum Gasteiger partial charge on any atom is 0.165 e.